The monoisotopic (exact) mass is 261 g/mol. The predicted octanol–water partition coefficient (Wildman–Crippen LogP) is 1.35. The number of anilines is 1. The van der Waals surface area contributed by atoms with Crippen LogP contribution in [0.2, 0.25) is 0 Å². The van der Waals surface area contributed by atoms with E-state index in [1.165, 1.54) is 0 Å². The fraction of sp³-hybridized carbons (Fsp3) is 0.500. The molecule has 1 aromatic heterocycles. The zero-order valence-corrected chi connectivity index (χ0v) is 11.1. The van der Waals surface area contributed by atoms with Crippen molar-refractivity contribution in [1.29, 1.82) is 0 Å². The molecule has 102 valence electrons. The van der Waals surface area contributed by atoms with Crippen molar-refractivity contribution in [2.45, 2.75) is 26.2 Å². The minimum Gasteiger partial charge on any atom is -0.356 e. The van der Waals surface area contributed by atoms with E-state index in [1.807, 2.05) is 6.07 Å². The predicted molar refractivity (Wildman–Crippen MR) is 72.6 cm³/mol. The van der Waals surface area contributed by atoms with Crippen molar-refractivity contribution < 1.29 is 9.59 Å². The Morgan fingerprint density at radius 2 is 2.42 bits per heavy atom. The Morgan fingerprint density at radius 1 is 1.58 bits per heavy atom. The largest absolute Gasteiger partial charge is 0.356 e. The van der Waals surface area contributed by atoms with Crippen LogP contribution in [0.1, 0.15) is 26.2 Å². The van der Waals surface area contributed by atoms with Crippen molar-refractivity contribution in [2.75, 3.05) is 18.0 Å². The van der Waals surface area contributed by atoms with Crippen LogP contribution in [0.25, 0.3) is 0 Å². The molecule has 0 saturated carbocycles. The Hall–Kier alpha value is -1.91. The summed E-state index contributed by atoms with van der Waals surface area (Å²) in [5.74, 6) is -0.276. The molecule has 0 aliphatic carbocycles. The van der Waals surface area contributed by atoms with E-state index in [0.717, 1.165) is 18.5 Å². The Labute approximate surface area is 113 Å². The highest BCUT2D eigenvalue weighted by Gasteiger charge is 2.34. The minimum atomic E-state index is -0.246. The lowest BCUT2D eigenvalue weighted by Gasteiger charge is -2.16. The van der Waals surface area contributed by atoms with Crippen molar-refractivity contribution in [2.24, 2.45) is 5.92 Å². The van der Waals surface area contributed by atoms with E-state index in [4.69, 9.17) is 0 Å². The highest BCUT2D eigenvalue weighted by Crippen LogP contribution is 2.24. The van der Waals surface area contributed by atoms with Gasteiger partial charge in [0, 0.05) is 25.7 Å². The summed E-state index contributed by atoms with van der Waals surface area (Å²) >= 11 is 0. The molecular formula is C14H19N3O2. The van der Waals surface area contributed by atoms with E-state index >= 15 is 0 Å². The molecule has 1 aromatic rings. The summed E-state index contributed by atoms with van der Waals surface area (Å²) in [6.07, 6.45) is 5.62. The van der Waals surface area contributed by atoms with Gasteiger partial charge < -0.3 is 10.2 Å². The van der Waals surface area contributed by atoms with Gasteiger partial charge in [0.05, 0.1) is 17.8 Å². The Morgan fingerprint density at radius 3 is 3.11 bits per heavy atom. The van der Waals surface area contributed by atoms with Crippen LogP contribution in [0, 0.1) is 5.92 Å². The standard InChI is InChI=1S/C14H19N3O2/c1-2-3-7-16-14(19)11-8-13(18)17(10-11)12-5-4-6-15-9-12/h4-6,9,11H,2-3,7-8,10H2,1H3,(H,16,19). The number of carbonyl (C=O) groups is 2. The van der Waals surface area contributed by atoms with Gasteiger partial charge in [-0.25, -0.2) is 0 Å². The number of hydrogen-bond donors (Lipinski definition) is 1. The molecule has 5 heteroatoms. The van der Waals surface area contributed by atoms with Crippen LogP contribution in [-0.2, 0) is 9.59 Å². The maximum atomic E-state index is 11.9. The van der Waals surface area contributed by atoms with Gasteiger partial charge in [0.25, 0.3) is 0 Å². The molecule has 1 saturated heterocycles. The first-order chi connectivity index (χ1) is 9.22. The third-order valence-corrected chi connectivity index (χ3v) is 3.28. The molecular weight excluding hydrogens is 242 g/mol. The molecule has 1 aliphatic rings. The number of aromatic nitrogens is 1. The lowest BCUT2D eigenvalue weighted by atomic mass is 10.1. The Balaban J connectivity index is 1.94. The van der Waals surface area contributed by atoms with Gasteiger partial charge in [-0.3, -0.25) is 14.6 Å². The van der Waals surface area contributed by atoms with Crippen LogP contribution in [-0.4, -0.2) is 29.9 Å². The van der Waals surface area contributed by atoms with E-state index in [2.05, 4.69) is 17.2 Å². The molecule has 1 atom stereocenters. The van der Waals surface area contributed by atoms with Gasteiger partial charge in [0.1, 0.15) is 0 Å². The third-order valence-electron chi connectivity index (χ3n) is 3.28. The van der Waals surface area contributed by atoms with Gasteiger partial charge in [0.2, 0.25) is 11.8 Å². The molecule has 2 heterocycles. The second kappa shape index (κ2) is 6.31. The average Bonchev–Trinajstić information content (AvgIpc) is 2.82. The topological polar surface area (TPSA) is 62.3 Å². The van der Waals surface area contributed by atoms with Crippen LogP contribution in [0.4, 0.5) is 5.69 Å². The molecule has 0 aromatic carbocycles. The zero-order chi connectivity index (χ0) is 13.7. The number of nitrogens with one attached hydrogen (secondary N) is 1. The van der Waals surface area contributed by atoms with E-state index in [1.54, 1.807) is 23.4 Å². The van der Waals surface area contributed by atoms with Crippen molar-refractivity contribution in [1.82, 2.24) is 10.3 Å². The van der Waals surface area contributed by atoms with Crippen LogP contribution in [0.3, 0.4) is 0 Å². The average molecular weight is 261 g/mol. The van der Waals surface area contributed by atoms with Crippen LogP contribution in [0.5, 0.6) is 0 Å². The van der Waals surface area contributed by atoms with Crippen molar-refractivity contribution in [3.05, 3.63) is 24.5 Å². The highest BCUT2D eigenvalue weighted by atomic mass is 16.2. The second-order valence-corrected chi connectivity index (χ2v) is 4.76. The van der Waals surface area contributed by atoms with Crippen molar-refractivity contribution in [3.8, 4) is 0 Å². The van der Waals surface area contributed by atoms with Crippen molar-refractivity contribution in [3.63, 3.8) is 0 Å². The fourth-order valence-electron chi connectivity index (χ4n) is 2.18. The first kappa shape index (κ1) is 13.5. The first-order valence-electron chi connectivity index (χ1n) is 6.70. The molecule has 1 unspecified atom stereocenters. The summed E-state index contributed by atoms with van der Waals surface area (Å²) in [6.45, 7) is 3.21. The summed E-state index contributed by atoms with van der Waals surface area (Å²) in [5, 5.41) is 2.88. The highest BCUT2D eigenvalue weighted by molar-refractivity contribution is 6.00. The maximum Gasteiger partial charge on any atom is 0.227 e. The summed E-state index contributed by atoms with van der Waals surface area (Å²) in [6, 6.07) is 3.62. The van der Waals surface area contributed by atoms with Gasteiger partial charge in [-0.05, 0) is 18.6 Å². The summed E-state index contributed by atoms with van der Waals surface area (Å²) in [5.41, 5.74) is 0.761. The minimum absolute atomic E-state index is 0.0105. The molecule has 0 bridgehead atoms. The third kappa shape index (κ3) is 3.30. The fourth-order valence-corrected chi connectivity index (χ4v) is 2.18. The van der Waals surface area contributed by atoms with E-state index in [-0.39, 0.29) is 24.2 Å². The van der Waals surface area contributed by atoms with Gasteiger partial charge in [-0.1, -0.05) is 13.3 Å². The Bertz CT molecular complexity index is 447. The number of rotatable bonds is 5. The van der Waals surface area contributed by atoms with E-state index in [0.29, 0.717) is 13.1 Å². The molecule has 1 N–H and O–H groups in total. The smallest absolute Gasteiger partial charge is 0.227 e. The molecule has 5 nitrogen and oxygen atoms in total. The normalized spacial score (nSPS) is 18.7. The molecule has 2 rings (SSSR count). The maximum absolute atomic E-state index is 11.9. The van der Waals surface area contributed by atoms with Gasteiger partial charge >= 0.3 is 0 Å². The van der Waals surface area contributed by atoms with Gasteiger partial charge in [0.15, 0.2) is 0 Å². The molecule has 0 spiro atoms. The van der Waals surface area contributed by atoms with Crippen molar-refractivity contribution >= 4 is 17.5 Å². The Kier molecular flexibility index (Phi) is 4.49. The number of carbonyl (C=O) groups excluding carboxylic acids is 2. The number of amides is 2. The molecule has 19 heavy (non-hydrogen) atoms. The quantitative estimate of drug-likeness (QED) is 0.814. The molecule has 1 aliphatic heterocycles. The van der Waals surface area contributed by atoms with Crippen LogP contribution < -0.4 is 10.2 Å². The second-order valence-electron chi connectivity index (χ2n) is 4.76. The van der Waals surface area contributed by atoms with Gasteiger partial charge in [-0.2, -0.15) is 0 Å². The summed E-state index contributed by atoms with van der Waals surface area (Å²) < 4.78 is 0. The van der Waals surface area contributed by atoms with Gasteiger partial charge in [-0.15, -0.1) is 0 Å². The van der Waals surface area contributed by atoms with E-state index < -0.39 is 0 Å². The number of pyridine rings is 1. The molecule has 0 radical (unpaired) electrons. The summed E-state index contributed by atoms with van der Waals surface area (Å²) in [4.78, 5) is 29.5. The molecule has 1 fully saturated rings. The number of unbranched alkanes of at least 4 members (excludes halogenated alkanes) is 1. The number of nitrogens with zero attached hydrogens (tertiary/aromatic N) is 2. The van der Waals surface area contributed by atoms with E-state index in [9.17, 15) is 9.59 Å². The summed E-state index contributed by atoms with van der Waals surface area (Å²) in [7, 11) is 0. The van der Waals surface area contributed by atoms with Crippen LogP contribution in [0.15, 0.2) is 24.5 Å². The SMILES string of the molecule is CCCCNC(=O)C1CC(=O)N(c2cccnc2)C1. The zero-order valence-electron chi connectivity index (χ0n) is 11.1. The first-order valence-corrected chi connectivity index (χ1v) is 6.70. The lowest BCUT2D eigenvalue weighted by Crippen LogP contribution is -2.33. The van der Waals surface area contributed by atoms with Crippen LogP contribution >= 0.6 is 0 Å². The lowest BCUT2D eigenvalue weighted by molar-refractivity contribution is -0.126. The number of hydrogen-bond acceptors (Lipinski definition) is 3. The molecule has 2 amide bonds.